The summed E-state index contributed by atoms with van der Waals surface area (Å²) in [6.07, 6.45) is -0.364. The van der Waals surface area contributed by atoms with Crippen LogP contribution >= 0.6 is 15.9 Å². The summed E-state index contributed by atoms with van der Waals surface area (Å²) >= 11 is 3.43. The van der Waals surface area contributed by atoms with Crippen LogP contribution in [0.3, 0.4) is 0 Å². The normalized spacial score (nSPS) is 10.7. The predicted molar refractivity (Wildman–Crippen MR) is 73.2 cm³/mol. The fraction of sp³-hybridized carbons (Fsp3) is 0.538. The van der Waals surface area contributed by atoms with Gasteiger partial charge >= 0.3 is 0 Å². The highest BCUT2D eigenvalue weighted by atomic mass is 79.9. The first kappa shape index (κ1) is 15.3. The van der Waals surface area contributed by atoms with Crippen LogP contribution in [-0.4, -0.2) is 33.2 Å². The zero-order valence-corrected chi connectivity index (χ0v) is 12.5. The van der Waals surface area contributed by atoms with Gasteiger partial charge in [0.25, 0.3) is 0 Å². The Morgan fingerprint density at radius 1 is 1.17 bits per heavy atom. The van der Waals surface area contributed by atoms with Crippen LogP contribution in [0.1, 0.15) is 13.8 Å². The molecule has 102 valence electrons. The van der Waals surface area contributed by atoms with E-state index < -0.39 is 0 Å². The van der Waals surface area contributed by atoms with E-state index in [0.29, 0.717) is 31.3 Å². The second kappa shape index (κ2) is 8.34. The molecule has 0 spiro atoms. The molecule has 0 aromatic heterocycles. The van der Waals surface area contributed by atoms with Crippen LogP contribution in [0.2, 0.25) is 0 Å². The van der Waals surface area contributed by atoms with Crippen LogP contribution in [0.25, 0.3) is 0 Å². The summed E-state index contributed by atoms with van der Waals surface area (Å²) in [7, 11) is 1.61. The molecule has 0 N–H and O–H groups in total. The van der Waals surface area contributed by atoms with E-state index in [1.165, 1.54) is 0 Å². The lowest BCUT2D eigenvalue weighted by molar-refractivity contribution is -0.152. The summed E-state index contributed by atoms with van der Waals surface area (Å²) in [4.78, 5) is 0. The topological polar surface area (TPSA) is 36.9 Å². The third kappa shape index (κ3) is 4.48. The van der Waals surface area contributed by atoms with Crippen molar-refractivity contribution in [2.75, 3.05) is 26.9 Å². The standard InChI is InChI=1S/C13H19BrO4/c1-4-16-12(17-5-2)9-18-13-10(14)7-6-8-11(13)15-3/h6-8,12H,4-5,9H2,1-3H3. The summed E-state index contributed by atoms with van der Waals surface area (Å²) in [5.74, 6) is 1.33. The first-order valence-corrected chi connectivity index (χ1v) is 6.70. The largest absolute Gasteiger partial charge is 0.493 e. The minimum absolute atomic E-state index is 0.320. The quantitative estimate of drug-likeness (QED) is 0.689. The maximum absolute atomic E-state index is 5.70. The first-order valence-electron chi connectivity index (χ1n) is 5.91. The Kier molecular flexibility index (Phi) is 7.08. The molecule has 0 radical (unpaired) electrons. The minimum atomic E-state index is -0.364. The van der Waals surface area contributed by atoms with Crippen LogP contribution in [-0.2, 0) is 9.47 Å². The van der Waals surface area contributed by atoms with Gasteiger partial charge in [-0.15, -0.1) is 0 Å². The van der Waals surface area contributed by atoms with Gasteiger partial charge in [0.05, 0.1) is 11.6 Å². The lowest BCUT2D eigenvalue weighted by Gasteiger charge is -2.19. The molecule has 5 heteroatoms. The second-order valence-electron chi connectivity index (χ2n) is 3.42. The molecule has 18 heavy (non-hydrogen) atoms. The number of benzene rings is 1. The van der Waals surface area contributed by atoms with Crippen molar-refractivity contribution >= 4 is 15.9 Å². The second-order valence-corrected chi connectivity index (χ2v) is 4.28. The van der Waals surface area contributed by atoms with Crippen molar-refractivity contribution < 1.29 is 18.9 Å². The van der Waals surface area contributed by atoms with Gasteiger partial charge in [0.2, 0.25) is 0 Å². The maximum atomic E-state index is 5.70. The van der Waals surface area contributed by atoms with Crippen molar-refractivity contribution in [2.45, 2.75) is 20.1 Å². The van der Waals surface area contributed by atoms with E-state index in [0.717, 1.165) is 4.47 Å². The van der Waals surface area contributed by atoms with Crippen molar-refractivity contribution in [3.05, 3.63) is 22.7 Å². The lowest BCUT2D eigenvalue weighted by atomic mass is 10.3. The molecule has 0 atom stereocenters. The Morgan fingerprint density at radius 2 is 1.83 bits per heavy atom. The highest BCUT2D eigenvalue weighted by Gasteiger charge is 2.13. The predicted octanol–water partition coefficient (Wildman–Crippen LogP) is 3.24. The molecule has 4 nitrogen and oxygen atoms in total. The number of rotatable bonds is 8. The van der Waals surface area contributed by atoms with Crippen LogP contribution in [0.5, 0.6) is 11.5 Å². The van der Waals surface area contributed by atoms with Gasteiger partial charge in [0.15, 0.2) is 17.8 Å². The van der Waals surface area contributed by atoms with E-state index in [1.807, 2.05) is 32.0 Å². The van der Waals surface area contributed by atoms with Crippen LogP contribution in [0, 0.1) is 0 Å². The number of hydrogen-bond donors (Lipinski definition) is 0. The highest BCUT2D eigenvalue weighted by molar-refractivity contribution is 9.10. The van der Waals surface area contributed by atoms with Crippen molar-refractivity contribution in [3.8, 4) is 11.5 Å². The van der Waals surface area contributed by atoms with E-state index in [-0.39, 0.29) is 6.29 Å². The van der Waals surface area contributed by atoms with Gasteiger partial charge in [-0.1, -0.05) is 6.07 Å². The van der Waals surface area contributed by atoms with E-state index in [4.69, 9.17) is 18.9 Å². The number of halogens is 1. The third-order valence-corrected chi connectivity index (χ3v) is 2.84. The molecule has 1 aromatic carbocycles. The Bertz CT molecular complexity index is 351. The van der Waals surface area contributed by atoms with Crippen LogP contribution in [0.15, 0.2) is 22.7 Å². The Morgan fingerprint density at radius 3 is 2.39 bits per heavy atom. The molecule has 0 aliphatic carbocycles. The Hall–Kier alpha value is -0.780. The molecule has 0 heterocycles. The molecule has 0 fully saturated rings. The molecule has 0 unspecified atom stereocenters. The van der Waals surface area contributed by atoms with Gasteiger partial charge in [0, 0.05) is 13.2 Å². The zero-order chi connectivity index (χ0) is 13.4. The molecule has 0 aliphatic rings. The zero-order valence-electron chi connectivity index (χ0n) is 10.9. The monoisotopic (exact) mass is 318 g/mol. The molecule has 1 rings (SSSR count). The van der Waals surface area contributed by atoms with Gasteiger partial charge < -0.3 is 18.9 Å². The average molecular weight is 319 g/mol. The first-order chi connectivity index (χ1) is 8.72. The van der Waals surface area contributed by atoms with Crippen LogP contribution in [0.4, 0.5) is 0 Å². The summed E-state index contributed by atoms with van der Waals surface area (Å²) in [5.41, 5.74) is 0. The van der Waals surface area contributed by atoms with E-state index in [1.54, 1.807) is 7.11 Å². The van der Waals surface area contributed by atoms with Gasteiger partial charge in [0.1, 0.15) is 6.61 Å². The van der Waals surface area contributed by atoms with E-state index >= 15 is 0 Å². The molecule has 0 amide bonds. The molecule has 0 bridgehead atoms. The summed E-state index contributed by atoms with van der Waals surface area (Å²) in [6.45, 7) is 5.33. The van der Waals surface area contributed by atoms with Gasteiger partial charge in [-0.25, -0.2) is 0 Å². The highest BCUT2D eigenvalue weighted by Crippen LogP contribution is 2.34. The summed E-state index contributed by atoms with van der Waals surface area (Å²) in [6, 6.07) is 5.63. The number of para-hydroxylation sites is 1. The smallest absolute Gasteiger partial charge is 0.191 e. The summed E-state index contributed by atoms with van der Waals surface area (Å²) < 4.78 is 22.6. The maximum Gasteiger partial charge on any atom is 0.191 e. The molecule has 0 saturated heterocycles. The minimum Gasteiger partial charge on any atom is -0.493 e. The summed E-state index contributed by atoms with van der Waals surface area (Å²) in [5, 5.41) is 0. The van der Waals surface area contributed by atoms with Crippen molar-refractivity contribution in [1.29, 1.82) is 0 Å². The SMILES string of the molecule is CCOC(COc1c(Br)cccc1OC)OCC. The van der Waals surface area contributed by atoms with Crippen molar-refractivity contribution in [2.24, 2.45) is 0 Å². The lowest BCUT2D eigenvalue weighted by Crippen LogP contribution is -2.25. The molecular weight excluding hydrogens is 300 g/mol. The third-order valence-electron chi connectivity index (χ3n) is 2.22. The molecule has 0 saturated carbocycles. The van der Waals surface area contributed by atoms with Crippen molar-refractivity contribution in [1.82, 2.24) is 0 Å². The molecule has 0 aliphatic heterocycles. The Balaban J connectivity index is 2.66. The Labute approximate surface area is 116 Å². The fourth-order valence-electron chi connectivity index (χ4n) is 1.46. The van der Waals surface area contributed by atoms with Crippen LogP contribution < -0.4 is 9.47 Å². The van der Waals surface area contributed by atoms with Gasteiger partial charge in [-0.2, -0.15) is 0 Å². The van der Waals surface area contributed by atoms with Crippen molar-refractivity contribution in [3.63, 3.8) is 0 Å². The van der Waals surface area contributed by atoms with E-state index in [9.17, 15) is 0 Å². The average Bonchev–Trinajstić information content (AvgIpc) is 2.37. The number of methoxy groups -OCH3 is 1. The number of hydrogen-bond acceptors (Lipinski definition) is 4. The fourth-order valence-corrected chi connectivity index (χ4v) is 1.92. The van der Waals surface area contributed by atoms with E-state index in [2.05, 4.69) is 15.9 Å². The van der Waals surface area contributed by atoms with Gasteiger partial charge in [-0.3, -0.25) is 0 Å². The molecule has 1 aromatic rings. The van der Waals surface area contributed by atoms with Gasteiger partial charge in [-0.05, 0) is 41.9 Å². The number of ether oxygens (including phenoxy) is 4. The molecular formula is C13H19BrO4.